The van der Waals surface area contributed by atoms with Crippen LogP contribution in [0.2, 0.25) is 5.02 Å². The number of carbonyl (C=O) groups is 1. The first-order valence-corrected chi connectivity index (χ1v) is 8.76. The fourth-order valence-corrected chi connectivity index (χ4v) is 2.16. The van der Waals surface area contributed by atoms with Gasteiger partial charge in [-0.3, -0.25) is 4.79 Å². The molecule has 0 saturated heterocycles. The van der Waals surface area contributed by atoms with Crippen LogP contribution in [-0.4, -0.2) is 17.6 Å². The summed E-state index contributed by atoms with van der Waals surface area (Å²) in [4.78, 5) is 26.7. The predicted octanol–water partition coefficient (Wildman–Crippen LogP) is 4.21. The molecule has 0 aliphatic heterocycles. The maximum atomic E-state index is 12.0. The Bertz CT molecular complexity index is 809. The summed E-state index contributed by atoms with van der Waals surface area (Å²) in [6.45, 7) is 4.65. The molecule has 26 heavy (non-hydrogen) atoms. The molecule has 0 spiro atoms. The van der Waals surface area contributed by atoms with Crippen LogP contribution >= 0.6 is 11.6 Å². The molecule has 1 aromatic heterocycles. The van der Waals surface area contributed by atoms with Crippen molar-refractivity contribution >= 4 is 23.6 Å². The van der Waals surface area contributed by atoms with Crippen molar-refractivity contribution in [3.05, 3.63) is 69.1 Å². The van der Waals surface area contributed by atoms with E-state index in [1.165, 1.54) is 18.3 Å². The predicted molar refractivity (Wildman–Crippen MR) is 102 cm³/mol. The number of esters is 1. The summed E-state index contributed by atoms with van der Waals surface area (Å²) in [5.74, 6) is 0.273. The van der Waals surface area contributed by atoms with E-state index >= 15 is 0 Å². The van der Waals surface area contributed by atoms with Gasteiger partial charge >= 0.3 is 5.97 Å². The summed E-state index contributed by atoms with van der Waals surface area (Å²) in [5, 5.41) is 0.630. The molecule has 0 unspecified atom stereocenters. The zero-order valence-corrected chi connectivity index (χ0v) is 15.6. The third-order valence-corrected chi connectivity index (χ3v) is 3.79. The Hall–Kier alpha value is -2.53. The van der Waals surface area contributed by atoms with Crippen molar-refractivity contribution in [2.45, 2.75) is 26.9 Å². The van der Waals surface area contributed by atoms with Crippen LogP contribution in [0.5, 0.6) is 5.75 Å². The van der Waals surface area contributed by atoms with Gasteiger partial charge in [0.15, 0.2) is 5.75 Å². The van der Waals surface area contributed by atoms with Gasteiger partial charge in [0.25, 0.3) is 0 Å². The molecular formula is C20H22ClNO4. The zero-order valence-electron chi connectivity index (χ0n) is 14.8. The van der Waals surface area contributed by atoms with Crippen LogP contribution in [-0.2, 0) is 16.1 Å². The number of carbonyl (C=O) groups excluding carboxylic acids is 1. The molecule has 0 saturated carbocycles. The number of ether oxygens (including phenoxy) is 2. The van der Waals surface area contributed by atoms with Crippen LogP contribution in [0.3, 0.4) is 0 Å². The van der Waals surface area contributed by atoms with E-state index in [1.807, 2.05) is 0 Å². The second-order valence-electron chi connectivity index (χ2n) is 6.21. The third-order valence-electron chi connectivity index (χ3n) is 3.54. The summed E-state index contributed by atoms with van der Waals surface area (Å²) in [6, 6.07) is 8.44. The Labute approximate surface area is 157 Å². The van der Waals surface area contributed by atoms with Gasteiger partial charge in [-0.2, -0.15) is 0 Å². The summed E-state index contributed by atoms with van der Waals surface area (Å²) < 4.78 is 10.6. The molecule has 2 aromatic rings. The molecule has 0 aliphatic rings. The average molecular weight is 376 g/mol. The largest absolute Gasteiger partial charge is 0.488 e. The van der Waals surface area contributed by atoms with Crippen molar-refractivity contribution < 1.29 is 14.3 Å². The van der Waals surface area contributed by atoms with E-state index in [-0.39, 0.29) is 17.8 Å². The number of rotatable bonds is 8. The highest BCUT2D eigenvalue weighted by Crippen LogP contribution is 2.11. The molecular weight excluding hydrogens is 354 g/mol. The number of halogens is 1. The molecule has 0 bridgehead atoms. The minimum absolute atomic E-state index is 0.0225. The number of aromatic amines is 1. The average Bonchev–Trinajstić information content (AvgIpc) is 2.61. The number of hydrogen-bond acceptors (Lipinski definition) is 4. The fraction of sp³-hybridized carbons (Fsp3) is 0.300. The Balaban J connectivity index is 1.84. The number of H-pyrrole nitrogens is 1. The van der Waals surface area contributed by atoms with Crippen molar-refractivity contribution in [2.24, 2.45) is 5.92 Å². The lowest BCUT2D eigenvalue weighted by atomic mass is 10.1. The summed E-state index contributed by atoms with van der Waals surface area (Å²) in [5.41, 5.74) is 1.09. The standard InChI is InChI=1S/C20H22ClNO4/c1-14(2)9-10-25-19-12-22-17(11-18(19)23)13-26-20(24)8-5-15-3-6-16(21)7-4-15/h3-8,11-12,14H,9-10,13H2,1-2H3,(H,22,23)/b8-5+. The molecule has 138 valence electrons. The van der Waals surface area contributed by atoms with E-state index in [0.29, 0.717) is 23.2 Å². The van der Waals surface area contributed by atoms with Gasteiger partial charge in [0.05, 0.1) is 12.3 Å². The lowest BCUT2D eigenvalue weighted by molar-refractivity contribution is -0.139. The SMILES string of the molecule is CC(C)CCOc1c[nH]c(COC(=O)/C=C/c2ccc(Cl)cc2)cc1=O. The molecule has 0 atom stereocenters. The van der Waals surface area contributed by atoms with Gasteiger partial charge in [-0.05, 0) is 36.1 Å². The Morgan fingerprint density at radius 2 is 2.00 bits per heavy atom. The lowest BCUT2D eigenvalue weighted by Crippen LogP contribution is -2.12. The number of pyridine rings is 1. The maximum absolute atomic E-state index is 12.0. The number of nitrogens with one attached hydrogen (secondary N) is 1. The highest BCUT2D eigenvalue weighted by molar-refractivity contribution is 6.30. The Morgan fingerprint density at radius 1 is 1.27 bits per heavy atom. The van der Waals surface area contributed by atoms with Crippen LogP contribution in [0, 0.1) is 5.92 Å². The minimum atomic E-state index is -0.502. The Morgan fingerprint density at radius 3 is 2.65 bits per heavy atom. The van der Waals surface area contributed by atoms with Crippen LogP contribution in [0.4, 0.5) is 0 Å². The quantitative estimate of drug-likeness (QED) is 0.554. The number of benzene rings is 1. The van der Waals surface area contributed by atoms with Crippen molar-refractivity contribution in [3.63, 3.8) is 0 Å². The van der Waals surface area contributed by atoms with E-state index in [1.54, 1.807) is 30.3 Å². The zero-order chi connectivity index (χ0) is 18.9. The first-order valence-electron chi connectivity index (χ1n) is 8.39. The molecule has 0 fully saturated rings. The number of hydrogen-bond donors (Lipinski definition) is 1. The highest BCUT2D eigenvalue weighted by Gasteiger charge is 2.05. The summed E-state index contributed by atoms with van der Waals surface area (Å²) in [6.07, 6.45) is 5.33. The normalized spacial score (nSPS) is 11.1. The van der Waals surface area contributed by atoms with Crippen molar-refractivity contribution in [2.75, 3.05) is 6.61 Å². The lowest BCUT2D eigenvalue weighted by Gasteiger charge is -2.08. The van der Waals surface area contributed by atoms with Gasteiger partial charge in [0.1, 0.15) is 6.61 Å². The molecule has 1 N–H and O–H groups in total. The second kappa shape index (κ2) is 9.82. The molecule has 0 aliphatic carbocycles. The fourth-order valence-electron chi connectivity index (χ4n) is 2.04. The van der Waals surface area contributed by atoms with Crippen LogP contribution < -0.4 is 10.2 Å². The van der Waals surface area contributed by atoms with Gasteiger partial charge in [-0.15, -0.1) is 0 Å². The first kappa shape index (κ1) is 19.8. The van der Waals surface area contributed by atoms with E-state index in [9.17, 15) is 9.59 Å². The first-order chi connectivity index (χ1) is 12.4. The van der Waals surface area contributed by atoms with E-state index in [4.69, 9.17) is 21.1 Å². The Kier molecular flexibility index (Phi) is 7.48. The van der Waals surface area contributed by atoms with Crippen LogP contribution in [0.25, 0.3) is 6.08 Å². The second-order valence-corrected chi connectivity index (χ2v) is 6.65. The monoisotopic (exact) mass is 375 g/mol. The van der Waals surface area contributed by atoms with Crippen molar-refractivity contribution in [1.82, 2.24) is 4.98 Å². The molecule has 6 heteroatoms. The highest BCUT2D eigenvalue weighted by atomic mass is 35.5. The maximum Gasteiger partial charge on any atom is 0.331 e. The van der Waals surface area contributed by atoms with E-state index < -0.39 is 5.97 Å². The molecule has 1 aromatic carbocycles. The van der Waals surface area contributed by atoms with Gasteiger partial charge in [-0.1, -0.05) is 37.6 Å². The molecule has 2 rings (SSSR count). The van der Waals surface area contributed by atoms with Gasteiger partial charge in [-0.25, -0.2) is 4.79 Å². The van der Waals surface area contributed by atoms with Gasteiger partial charge in [0, 0.05) is 23.4 Å². The molecule has 1 heterocycles. The summed E-state index contributed by atoms with van der Waals surface area (Å²) >= 11 is 5.80. The van der Waals surface area contributed by atoms with Crippen molar-refractivity contribution in [3.8, 4) is 5.75 Å². The van der Waals surface area contributed by atoms with Gasteiger partial charge in [0.2, 0.25) is 5.43 Å². The van der Waals surface area contributed by atoms with Gasteiger partial charge < -0.3 is 14.5 Å². The van der Waals surface area contributed by atoms with E-state index in [2.05, 4.69) is 18.8 Å². The topological polar surface area (TPSA) is 68.4 Å². The smallest absolute Gasteiger partial charge is 0.331 e. The third kappa shape index (κ3) is 6.76. The molecule has 5 nitrogen and oxygen atoms in total. The molecule has 0 amide bonds. The minimum Gasteiger partial charge on any atom is -0.488 e. The number of aromatic nitrogens is 1. The van der Waals surface area contributed by atoms with Crippen molar-refractivity contribution in [1.29, 1.82) is 0 Å². The molecule has 0 radical (unpaired) electrons. The summed E-state index contributed by atoms with van der Waals surface area (Å²) in [7, 11) is 0. The van der Waals surface area contributed by atoms with Crippen LogP contribution in [0.1, 0.15) is 31.5 Å². The van der Waals surface area contributed by atoms with Crippen LogP contribution in [0.15, 0.2) is 47.4 Å². The van der Waals surface area contributed by atoms with E-state index in [0.717, 1.165) is 12.0 Å².